The topological polar surface area (TPSA) is 92.3 Å². The van der Waals surface area contributed by atoms with E-state index in [-0.39, 0.29) is 10.7 Å². The van der Waals surface area contributed by atoms with Gasteiger partial charge >= 0.3 is 0 Å². The molecule has 3 aromatic carbocycles. The first-order chi connectivity index (χ1) is 13.8. The van der Waals surface area contributed by atoms with Crippen LogP contribution in [0.1, 0.15) is 33.2 Å². The lowest BCUT2D eigenvalue weighted by atomic mass is 10.1. The standard InChI is InChI=1S/C22H20N2O4S/c1-15-20(22(26)23-18-9-6-8-17(14-18)16(2)25)12-7-13-21(15)24-29(27,28)19-10-4-3-5-11-19/h3-14,24H,1-2H3,(H,23,26). The lowest BCUT2D eigenvalue weighted by Gasteiger charge is -2.14. The number of rotatable bonds is 6. The molecule has 0 saturated carbocycles. The number of anilines is 2. The van der Waals surface area contributed by atoms with Crippen molar-refractivity contribution >= 4 is 33.1 Å². The molecule has 7 heteroatoms. The molecule has 0 atom stereocenters. The highest BCUT2D eigenvalue weighted by Gasteiger charge is 2.18. The summed E-state index contributed by atoms with van der Waals surface area (Å²) in [6.07, 6.45) is 0. The Morgan fingerprint density at radius 3 is 2.24 bits per heavy atom. The van der Waals surface area contributed by atoms with Gasteiger partial charge in [0.05, 0.1) is 10.6 Å². The molecule has 0 unspecified atom stereocenters. The molecule has 6 nitrogen and oxygen atoms in total. The molecule has 148 valence electrons. The molecular formula is C22H20N2O4S. The Morgan fingerprint density at radius 2 is 1.55 bits per heavy atom. The summed E-state index contributed by atoms with van der Waals surface area (Å²) in [4.78, 5) is 24.4. The van der Waals surface area contributed by atoms with Crippen LogP contribution in [0.4, 0.5) is 11.4 Å². The van der Waals surface area contributed by atoms with Gasteiger partial charge in [0, 0.05) is 16.8 Å². The van der Waals surface area contributed by atoms with Crippen molar-refractivity contribution in [2.75, 3.05) is 10.0 Å². The predicted octanol–water partition coefficient (Wildman–Crippen LogP) is 4.25. The van der Waals surface area contributed by atoms with Crippen LogP contribution in [0.3, 0.4) is 0 Å². The summed E-state index contributed by atoms with van der Waals surface area (Å²) in [6, 6.07) is 19.5. The fourth-order valence-corrected chi connectivity index (χ4v) is 3.95. The van der Waals surface area contributed by atoms with Gasteiger partial charge in [0.15, 0.2) is 5.78 Å². The van der Waals surface area contributed by atoms with Gasteiger partial charge in [-0.25, -0.2) is 8.42 Å². The number of carbonyl (C=O) groups is 2. The normalized spacial score (nSPS) is 11.0. The minimum atomic E-state index is -3.77. The molecule has 0 aliphatic rings. The Morgan fingerprint density at radius 1 is 0.862 bits per heavy atom. The first-order valence-corrected chi connectivity index (χ1v) is 10.4. The first kappa shape index (κ1) is 20.3. The molecule has 29 heavy (non-hydrogen) atoms. The smallest absolute Gasteiger partial charge is 0.261 e. The third-order valence-electron chi connectivity index (χ3n) is 4.40. The Labute approximate surface area is 169 Å². The zero-order chi connectivity index (χ0) is 21.0. The molecule has 0 spiro atoms. The summed E-state index contributed by atoms with van der Waals surface area (Å²) < 4.78 is 27.7. The second-order valence-corrected chi connectivity index (χ2v) is 8.17. The summed E-state index contributed by atoms with van der Waals surface area (Å²) in [5.74, 6) is -0.501. The van der Waals surface area contributed by atoms with Crippen LogP contribution in [-0.4, -0.2) is 20.1 Å². The van der Waals surface area contributed by atoms with Gasteiger partial charge < -0.3 is 5.32 Å². The summed E-state index contributed by atoms with van der Waals surface area (Å²) in [6.45, 7) is 3.12. The Balaban J connectivity index is 1.86. The molecule has 0 fully saturated rings. The highest BCUT2D eigenvalue weighted by atomic mass is 32.2. The Bertz CT molecular complexity index is 1170. The molecule has 0 aliphatic carbocycles. The van der Waals surface area contributed by atoms with Gasteiger partial charge in [0.2, 0.25) is 0 Å². The lowest BCUT2D eigenvalue weighted by Crippen LogP contribution is -2.17. The fourth-order valence-electron chi connectivity index (χ4n) is 2.81. The fraction of sp³-hybridized carbons (Fsp3) is 0.0909. The second-order valence-electron chi connectivity index (χ2n) is 6.49. The number of carbonyl (C=O) groups excluding carboxylic acids is 2. The van der Waals surface area contributed by atoms with Gasteiger partial charge in [-0.05, 0) is 55.8 Å². The van der Waals surface area contributed by atoms with Gasteiger partial charge in [-0.2, -0.15) is 0 Å². The molecule has 0 aromatic heterocycles. The van der Waals surface area contributed by atoms with Crippen LogP contribution in [0.15, 0.2) is 77.7 Å². The molecule has 2 N–H and O–H groups in total. The molecule has 0 aliphatic heterocycles. The first-order valence-electron chi connectivity index (χ1n) is 8.88. The van der Waals surface area contributed by atoms with Crippen molar-refractivity contribution in [3.63, 3.8) is 0 Å². The van der Waals surface area contributed by atoms with E-state index in [0.717, 1.165) is 0 Å². The van der Waals surface area contributed by atoms with E-state index in [1.165, 1.54) is 19.1 Å². The third-order valence-corrected chi connectivity index (χ3v) is 5.78. The van der Waals surface area contributed by atoms with Gasteiger partial charge in [0.1, 0.15) is 0 Å². The van der Waals surface area contributed by atoms with Crippen molar-refractivity contribution in [3.05, 3.63) is 89.5 Å². The highest BCUT2D eigenvalue weighted by molar-refractivity contribution is 7.92. The number of nitrogens with one attached hydrogen (secondary N) is 2. The molecule has 0 bridgehead atoms. The van der Waals surface area contributed by atoms with E-state index in [0.29, 0.717) is 28.1 Å². The monoisotopic (exact) mass is 408 g/mol. The molecule has 1 amide bonds. The van der Waals surface area contributed by atoms with E-state index in [2.05, 4.69) is 10.0 Å². The quantitative estimate of drug-likeness (QED) is 0.597. The maximum absolute atomic E-state index is 12.7. The maximum Gasteiger partial charge on any atom is 0.261 e. The van der Waals surface area contributed by atoms with Crippen molar-refractivity contribution in [2.45, 2.75) is 18.7 Å². The van der Waals surface area contributed by atoms with Crippen LogP contribution < -0.4 is 10.0 Å². The van der Waals surface area contributed by atoms with Crippen LogP contribution in [0, 0.1) is 6.92 Å². The zero-order valence-electron chi connectivity index (χ0n) is 16.0. The number of sulfonamides is 1. The highest BCUT2D eigenvalue weighted by Crippen LogP contribution is 2.23. The van der Waals surface area contributed by atoms with Crippen molar-refractivity contribution in [1.29, 1.82) is 0 Å². The summed E-state index contributed by atoms with van der Waals surface area (Å²) in [5.41, 5.74) is 2.11. The van der Waals surface area contributed by atoms with Gasteiger partial charge in [0.25, 0.3) is 15.9 Å². The van der Waals surface area contributed by atoms with Gasteiger partial charge in [-0.3, -0.25) is 14.3 Å². The Hall–Kier alpha value is -3.45. The van der Waals surface area contributed by atoms with E-state index >= 15 is 0 Å². The second kappa shape index (κ2) is 8.28. The Kier molecular flexibility index (Phi) is 5.79. The number of hydrogen-bond acceptors (Lipinski definition) is 4. The van der Waals surface area contributed by atoms with E-state index in [9.17, 15) is 18.0 Å². The number of benzene rings is 3. The van der Waals surface area contributed by atoms with Crippen molar-refractivity contribution in [3.8, 4) is 0 Å². The summed E-state index contributed by atoms with van der Waals surface area (Å²) in [7, 11) is -3.77. The van der Waals surface area contributed by atoms with E-state index < -0.39 is 15.9 Å². The van der Waals surface area contributed by atoms with Gasteiger partial charge in [-0.15, -0.1) is 0 Å². The van der Waals surface area contributed by atoms with Crippen LogP contribution in [0.2, 0.25) is 0 Å². The minimum Gasteiger partial charge on any atom is -0.322 e. The summed E-state index contributed by atoms with van der Waals surface area (Å²) >= 11 is 0. The molecular weight excluding hydrogens is 388 g/mol. The van der Waals surface area contributed by atoms with Crippen molar-refractivity contribution in [2.24, 2.45) is 0 Å². The zero-order valence-corrected chi connectivity index (χ0v) is 16.8. The van der Waals surface area contributed by atoms with Crippen LogP contribution in [0.25, 0.3) is 0 Å². The SMILES string of the molecule is CC(=O)c1cccc(NC(=O)c2cccc(NS(=O)(=O)c3ccccc3)c2C)c1. The largest absolute Gasteiger partial charge is 0.322 e. The van der Waals surface area contributed by atoms with Crippen LogP contribution in [0.5, 0.6) is 0 Å². The van der Waals surface area contributed by atoms with Crippen LogP contribution >= 0.6 is 0 Å². The third kappa shape index (κ3) is 4.70. The molecule has 0 saturated heterocycles. The maximum atomic E-state index is 12.7. The summed E-state index contributed by atoms with van der Waals surface area (Å²) in [5, 5.41) is 2.75. The van der Waals surface area contributed by atoms with E-state index in [4.69, 9.17) is 0 Å². The minimum absolute atomic E-state index is 0.102. The number of amides is 1. The van der Waals surface area contributed by atoms with Crippen molar-refractivity contribution in [1.82, 2.24) is 0 Å². The van der Waals surface area contributed by atoms with E-state index in [1.807, 2.05) is 0 Å². The average Bonchev–Trinajstić information content (AvgIpc) is 2.70. The molecule has 3 rings (SSSR count). The molecule has 3 aromatic rings. The number of hydrogen-bond donors (Lipinski definition) is 2. The van der Waals surface area contributed by atoms with Crippen molar-refractivity contribution < 1.29 is 18.0 Å². The van der Waals surface area contributed by atoms with Crippen LogP contribution in [-0.2, 0) is 10.0 Å². The predicted molar refractivity (Wildman–Crippen MR) is 113 cm³/mol. The average molecular weight is 408 g/mol. The van der Waals surface area contributed by atoms with E-state index in [1.54, 1.807) is 67.6 Å². The van der Waals surface area contributed by atoms with Gasteiger partial charge in [-0.1, -0.05) is 36.4 Å². The number of ketones is 1. The lowest BCUT2D eigenvalue weighted by molar-refractivity contribution is 0.101. The molecule has 0 heterocycles. The molecule has 0 radical (unpaired) electrons. The number of Topliss-reactive ketones (excluding diaryl/α,β-unsaturated/α-hetero) is 1.